The number of nitrogens with zero attached hydrogens (tertiary/aromatic N) is 2. The van der Waals surface area contributed by atoms with E-state index in [0.717, 1.165) is 0 Å². The van der Waals surface area contributed by atoms with Crippen molar-refractivity contribution in [1.29, 1.82) is 0 Å². The molecule has 20 heavy (non-hydrogen) atoms. The summed E-state index contributed by atoms with van der Waals surface area (Å²) >= 11 is 12.3. The van der Waals surface area contributed by atoms with Crippen LogP contribution in [0.5, 0.6) is 0 Å². The van der Waals surface area contributed by atoms with Crippen molar-refractivity contribution in [1.82, 2.24) is 4.57 Å². The molecule has 0 bridgehead atoms. The third-order valence-electron chi connectivity index (χ3n) is 2.59. The standard InChI is InChI=1S/C12H7Br2ClN2O3/c13-8-4-10(14)12(18)16(6-8)5-7-3-9(15)1-2-11(7)17(19)20/h1-4,6H,5H2. The molecule has 0 aliphatic carbocycles. The van der Waals surface area contributed by atoms with Crippen LogP contribution >= 0.6 is 43.5 Å². The summed E-state index contributed by atoms with van der Waals surface area (Å²) in [7, 11) is 0. The predicted molar refractivity (Wildman–Crippen MR) is 83.3 cm³/mol. The summed E-state index contributed by atoms with van der Waals surface area (Å²) in [5.41, 5.74) is 0.0227. The summed E-state index contributed by atoms with van der Waals surface area (Å²) in [5, 5.41) is 11.4. The minimum Gasteiger partial charge on any atom is -0.309 e. The average molecular weight is 422 g/mol. The van der Waals surface area contributed by atoms with E-state index >= 15 is 0 Å². The van der Waals surface area contributed by atoms with Crippen LogP contribution in [0.4, 0.5) is 5.69 Å². The summed E-state index contributed by atoms with van der Waals surface area (Å²) in [4.78, 5) is 22.5. The van der Waals surface area contributed by atoms with Gasteiger partial charge < -0.3 is 4.57 Å². The molecular formula is C12H7Br2ClN2O3. The molecule has 0 unspecified atom stereocenters. The third-order valence-corrected chi connectivity index (χ3v) is 3.82. The van der Waals surface area contributed by atoms with Gasteiger partial charge in [-0.1, -0.05) is 11.6 Å². The fraction of sp³-hybridized carbons (Fsp3) is 0.0833. The van der Waals surface area contributed by atoms with Crippen LogP contribution in [-0.2, 0) is 6.54 Å². The molecule has 1 heterocycles. The van der Waals surface area contributed by atoms with Crippen LogP contribution in [0.25, 0.3) is 0 Å². The lowest BCUT2D eigenvalue weighted by molar-refractivity contribution is -0.385. The normalized spacial score (nSPS) is 10.6. The highest BCUT2D eigenvalue weighted by Gasteiger charge is 2.15. The van der Waals surface area contributed by atoms with Crippen molar-refractivity contribution >= 4 is 49.1 Å². The first-order chi connectivity index (χ1) is 9.38. The largest absolute Gasteiger partial charge is 0.309 e. The van der Waals surface area contributed by atoms with Crippen molar-refractivity contribution in [3.05, 3.63) is 70.5 Å². The molecule has 1 aromatic heterocycles. The molecule has 2 aromatic rings. The molecule has 8 heteroatoms. The molecule has 0 aliphatic rings. The van der Waals surface area contributed by atoms with E-state index in [1.54, 1.807) is 12.3 Å². The van der Waals surface area contributed by atoms with Gasteiger partial charge in [-0.2, -0.15) is 0 Å². The van der Waals surface area contributed by atoms with Gasteiger partial charge in [0.25, 0.3) is 11.2 Å². The lowest BCUT2D eigenvalue weighted by atomic mass is 10.2. The Morgan fingerprint density at radius 1 is 1.30 bits per heavy atom. The molecule has 0 saturated heterocycles. The van der Waals surface area contributed by atoms with E-state index in [4.69, 9.17) is 11.6 Å². The zero-order valence-corrected chi connectivity index (χ0v) is 13.8. The van der Waals surface area contributed by atoms with Gasteiger partial charge in [0.05, 0.1) is 21.5 Å². The Morgan fingerprint density at radius 3 is 2.65 bits per heavy atom. The number of benzene rings is 1. The summed E-state index contributed by atoms with van der Waals surface area (Å²) < 4.78 is 2.43. The molecular weight excluding hydrogens is 415 g/mol. The molecule has 0 radical (unpaired) electrons. The van der Waals surface area contributed by atoms with Gasteiger partial charge in [0.1, 0.15) is 0 Å². The lowest BCUT2D eigenvalue weighted by Crippen LogP contribution is -2.21. The smallest absolute Gasteiger partial charge is 0.274 e. The Kier molecular flexibility index (Phi) is 4.62. The number of halogens is 3. The second-order valence-electron chi connectivity index (χ2n) is 3.97. The number of aromatic nitrogens is 1. The quantitative estimate of drug-likeness (QED) is 0.555. The Hall–Kier alpha value is -1.18. The number of pyridine rings is 1. The highest BCUT2D eigenvalue weighted by atomic mass is 79.9. The average Bonchev–Trinajstić information content (AvgIpc) is 2.35. The van der Waals surface area contributed by atoms with Crippen LogP contribution in [-0.4, -0.2) is 9.49 Å². The van der Waals surface area contributed by atoms with Crippen LogP contribution in [0, 0.1) is 10.1 Å². The van der Waals surface area contributed by atoms with Gasteiger partial charge in [0.2, 0.25) is 0 Å². The number of nitro benzene ring substituents is 1. The van der Waals surface area contributed by atoms with E-state index in [9.17, 15) is 14.9 Å². The Labute approximate surface area is 135 Å². The zero-order valence-electron chi connectivity index (χ0n) is 9.85. The molecule has 104 valence electrons. The van der Waals surface area contributed by atoms with Gasteiger partial charge in [0.15, 0.2) is 0 Å². The molecule has 0 aliphatic heterocycles. The monoisotopic (exact) mass is 420 g/mol. The third kappa shape index (κ3) is 3.28. The molecule has 2 rings (SSSR count). The van der Waals surface area contributed by atoms with Crippen molar-refractivity contribution in [3.63, 3.8) is 0 Å². The van der Waals surface area contributed by atoms with Gasteiger partial charge in [-0.3, -0.25) is 14.9 Å². The van der Waals surface area contributed by atoms with Crippen molar-refractivity contribution in [2.75, 3.05) is 0 Å². The number of rotatable bonds is 3. The van der Waals surface area contributed by atoms with E-state index in [-0.39, 0.29) is 17.8 Å². The topological polar surface area (TPSA) is 65.1 Å². The van der Waals surface area contributed by atoms with Gasteiger partial charge in [-0.25, -0.2) is 0 Å². The second kappa shape index (κ2) is 6.07. The maximum absolute atomic E-state index is 12.0. The number of hydrogen-bond acceptors (Lipinski definition) is 3. The van der Waals surface area contributed by atoms with E-state index in [1.807, 2.05) is 0 Å². The van der Waals surface area contributed by atoms with Gasteiger partial charge in [-0.05, 0) is 50.1 Å². The van der Waals surface area contributed by atoms with Crippen molar-refractivity contribution in [3.8, 4) is 0 Å². The fourth-order valence-electron chi connectivity index (χ4n) is 1.72. The fourth-order valence-corrected chi connectivity index (χ4v) is 3.18. The Bertz CT molecular complexity index is 746. The number of hydrogen-bond donors (Lipinski definition) is 0. The lowest BCUT2D eigenvalue weighted by Gasteiger charge is -2.08. The van der Waals surface area contributed by atoms with E-state index in [0.29, 0.717) is 19.5 Å². The minimum absolute atomic E-state index is 0.0632. The first-order valence-electron chi connectivity index (χ1n) is 5.37. The number of nitro groups is 1. The predicted octanol–water partition coefficient (Wildman–Crippen LogP) is 3.98. The molecule has 0 N–H and O–H groups in total. The van der Waals surface area contributed by atoms with E-state index < -0.39 is 4.92 Å². The van der Waals surface area contributed by atoms with E-state index in [1.165, 1.54) is 22.8 Å². The summed E-state index contributed by atoms with van der Waals surface area (Å²) in [6, 6.07) is 5.88. The van der Waals surface area contributed by atoms with Gasteiger partial charge in [-0.15, -0.1) is 0 Å². The van der Waals surface area contributed by atoms with Crippen LogP contribution in [0.15, 0.2) is 44.2 Å². The van der Waals surface area contributed by atoms with Crippen LogP contribution < -0.4 is 5.56 Å². The second-order valence-corrected chi connectivity index (χ2v) is 6.18. The molecule has 0 atom stereocenters. The molecule has 1 aromatic carbocycles. The van der Waals surface area contributed by atoms with Crippen LogP contribution in [0.3, 0.4) is 0 Å². The van der Waals surface area contributed by atoms with Gasteiger partial charge >= 0.3 is 0 Å². The molecule has 0 fully saturated rings. The minimum atomic E-state index is -0.496. The molecule has 0 spiro atoms. The summed E-state index contributed by atoms with van der Waals surface area (Å²) in [6.45, 7) is 0.0632. The summed E-state index contributed by atoms with van der Waals surface area (Å²) in [6.07, 6.45) is 1.57. The van der Waals surface area contributed by atoms with Crippen molar-refractivity contribution < 1.29 is 4.92 Å². The molecule has 0 saturated carbocycles. The first kappa shape index (κ1) is 15.2. The molecule has 0 amide bonds. The Balaban J connectivity index is 2.52. The van der Waals surface area contributed by atoms with Crippen molar-refractivity contribution in [2.45, 2.75) is 6.54 Å². The summed E-state index contributed by atoms with van der Waals surface area (Å²) in [5.74, 6) is 0. The molecule has 5 nitrogen and oxygen atoms in total. The van der Waals surface area contributed by atoms with Crippen molar-refractivity contribution in [2.24, 2.45) is 0 Å². The highest BCUT2D eigenvalue weighted by molar-refractivity contribution is 9.11. The Morgan fingerprint density at radius 2 is 2.00 bits per heavy atom. The SMILES string of the molecule is O=c1c(Br)cc(Br)cn1Cc1cc(Cl)ccc1[N+](=O)[O-]. The van der Waals surface area contributed by atoms with Gasteiger partial charge in [0, 0.05) is 21.8 Å². The van der Waals surface area contributed by atoms with Crippen LogP contribution in [0.1, 0.15) is 5.56 Å². The first-order valence-corrected chi connectivity index (χ1v) is 7.33. The van der Waals surface area contributed by atoms with E-state index in [2.05, 4.69) is 31.9 Å². The highest BCUT2D eigenvalue weighted by Crippen LogP contribution is 2.24. The van der Waals surface area contributed by atoms with Crippen LogP contribution in [0.2, 0.25) is 5.02 Å². The zero-order chi connectivity index (χ0) is 14.9. The maximum Gasteiger partial charge on any atom is 0.274 e. The maximum atomic E-state index is 12.0.